The van der Waals surface area contributed by atoms with Crippen molar-refractivity contribution in [3.8, 4) is 33.8 Å². The number of furan rings is 2. The zero-order valence-electron chi connectivity index (χ0n) is 38.2. The maximum Gasteiger partial charge on any atom is 0.159 e. The fraction of sp³-hybridized carbons (Fsp3) is 0. The van der Waals surface area contributed by atoms with E-state index < -0.39 is 0 Å². The SMILES string of the molecule is c1ccc(-c2ccccc2N(c2ccc3oc4ccccc4c3c2)c2cc3c4cccc5c4c(cc3c3ccccc23)-c2ccc(N(c3ccccc3)c3cccc4c3oc3ccccc34)cc2O5)cc1. The van der Waals surface area contributed by atoms with E-state index in [4.69, 9.17) is 13.6 Å². The van der Waals surface area contributed by atoms with Gasteiger partial charge in [-0.3, -0.25) is 0 Å². The number of hydrogen-bond acceptors (Lipinski definition) is 5. The summed E-state index contributed by atoms with van der Waals surface area (Å²) in [5, 5.41) is 11.2. The smallest absolute Gasteiger partial charge is 0.159 e. The highest BCUT2D eigenvalue weighted by atomic mass is 16.5. The molecule has 71 heavy (non-hydrogen) atoms. The molecule has 0 unspecified atom stereocenters. The van der Waals surface area contributed by atoms with E-state index in [1.54, 1.807) is 0 Å². The number of ether oxygens (including phenoxy) is 1. The van der Waals surface area contributed by atoms with Crippen molar-refractivity contribution in [3.63, 3.8) is 0 Å². The summed E-state index contributed by atoms with van der Waals surface area (Å²) in [6.07, 6.45) is 0. The van der Waals surface area contributed by atoms with Crippen LogP contribution in [-0.4, -0.2) is 0 Å². The highest BCUT2D eigenvalue weighted by molar-refractivity contribution is 6.26. The van der Waals surface area contributed by atoms with Crippen molar-refractivity contribution in [2.45, 2.75) is 0 Å². The lowest BCUT2D eigenvalue weighted by Crippen LogP contribution is -2.12. The summed E-state index contributed by atoms with van der Waals surface area (Å²) >= 11 is 0. The van der Waals surface area contributed by atoms with E-state index in [0.29, 0.717) is 0 Å². The number of fused-ring (bicyclic) bond motifs is 12. The maximum absolute atomic E-state index is 7.06. The molecular weight excluding hydrogens is 869 g/mol. The summed E-state index contributed by atoms with van der Waals surface area (Å²) in [7, 11) is 0. The maximum atomic E-state index is 7.06. The summed E-state index contributed by atoms with van der Waals surface area (Å²) in [6.45, 7) is 0. The molecule has 0 saturated heterocycles. The molecule has 5 heteroatoms. The number of nitrogens with zero attached hydrogens (tertiary/aromatic N) is 2. The molecule has 0 saturated carbocycles. The molecule has 3 heterocycles. The van der Waals surface area contributed by atoms with Crippen LogP contribution >= 0.6 is 0 Å². The Hall–Kier alpha value is -9.58. The van der Waals surface area contributed by atoms with Gasteiger partial charge in [0.05, 0.1) is 22.7 Å². The van der Waals surface area contributed by atoms with Crippen LogP contribution in [0.4, 0.5) is 34.1 Å². The molecule has 1 aliphatic rings. The third-order valence-electron chi connectivity index (χ3n) is 14.4. The fourth-order valence-electron chi connectivity index (χ4n) is 11.3. The molecule has 0 amide bonds. The van der Waals surface area contributed by atoms with Crippen molar-refractivity contribution < 1.29 is 13.6 Å². The van der Waals surface area contributed by atoms with Gasteiger partial charge in [0.15, 0.2) is 5.58 Å². The van der Waals surface area contributed by atoms with Crippen LogP contribution in [0.5, 0.6) is 11.5 Å². The Morgan fingerprint density at radius 1 is 0.268 bits per heavy atom. The van der Waals surface area contributed by atoms with Crippen molar-refractivity contribution in [1.82, 2.24) is 0 Å². The minimum atomic E-state index is 0.798. The van der Waals surface area contributed by atoms with Crippen molar-refractivity contribution >= 4 is 110 Å². The molecule has 0 atom stereocenters. The molecular formula is C66H40N2O3. The van der Waals surface area contributed by atoms with Crippen LogP contribution in [0, 0.1) is 0 Å². The van der Waals surface area contributed by atoms with E-state index in [1.165, 1.54) is 10.8 Å². The van der Waals surface area contributed by atoms with E-state index in [1.807, 2.05) is 24.3 Å². The molecule has 332 valence electrons. The molecule has 15 rings (SSSR count). The van der Waals surface area contributed by atoms with E-state index in [-0.39, 0.29) is 0 Å². The lowest BCUT2D eigenvalue weighted by molar-refractivity contribution is 0.487. The van der Waals surface area contributed by atoms with Crippen LogP contribution in [0.15, 0.2) is 251 Å². The molecule has 0 spiro atoms. The Morgan fingerprint density at radius 2 is 0.873 bits per heavy atom. The summed E-state index contributed by atoms with van der Waals surface area (Å²) in [5.74, 6) is 1.62. The average Bonchev–Trinajstić information content (AvgIpc) is 4.01. The zero-order chi connectivity index (χ0) is 46.6. The second kappa shape index (κ2) is 15.5. The second-order valence-electron chi connectivity index (χ2n) is 18.3. The van der Waals surface area contributed by atoms with Crippen molar-refractivity contribution in [2.24, 2.45) is 0 Å². The Bertz CT molecular complexity index is 4460. The van der Waals surface area contributed by atoms with Gasteiger partial charge in [-0.15, -0.1) is 0 Å². The van der Waals surface area contributed by atoms with Gasteiger partial charge in [0.1, 0.15) is 28.2 Å². The third-order valence-corrected chi connectivity index (χ3v) is 14.4. The van der Waals surface area contributed by atoms with Crippen LogP contribution in [-0.2, 0) is 0 Å². The van der Waals surface area contributed by atoms with Crippen LogP contribution < -0.4 is 14.5 Å². The van der Waals surface area contributed by atoms with Gasteiger partial charge >= 0.3 is 0 Å². The summed E-state index contributed by atoms with van der Waals surface area (Å²) in [4.78, 5) is 4.72. The normalized spacial score (nSPS) is 12.1. The van der Waals surface area contributed by atoms with Crippen molar-refractivity contribution in [1.29, 1.82) is 0 Å². The predicted molar refractivity (Wildman–Crippen MR) is 294 cm³/mol. The molecule has 1 aliphatic heterocycles. The minimum Gasteiger partial charge on any atom is -0.456 e. The van der Waals surface area contributed by atoms with Crippen LogP contribution in [0.25, 0.3) is 98.4 Å². The van der Waals surface area contributed by atoms with Crippen molar-refractivity contribution in [3.05, 3.63) is 243 Å². The van der Waals surface area contributed by atoms with Gasteiger partial charge in [-0.1, -0.05) is 152 Å². The number of para-hydroxylation sites is 5. The van der Waals surface area contributed by atoms with Gasteiger partial charge in [0.25, 0.3) is 0 Å². The molecule has 2 aromatic heterocycles. The lowest BCUT2D eigenvalue weighted by Gasteiger charge is -2.30. The Morgan fingerprint density at radius 3 is 1.72 bits per heavy atom. The van der Waals surface area contributed by atoms with E-state index in [2.05, 4.69) is 228 Å². The second-order valence-corrected chi connectivity index (χ2v) is 18.3. The number of anilines is 6. The first-order chi connectivity index (χ1) is 35.2. The number of rotatable bonds is 7. The monoisotopic (exact) mass is 908 g/mol. The summed E-state index contributed by atoms with van der Waals surface area (Å²) in [6, 6.07) is 86.2. The Balaban J connectivity index is 0.948. The first-order valence-electron chi connectivity index (χ1n) is 24.1. The molecule has 12 aromatic carbocycles. The van der Waals surface area contributed by atoms with E-state index in [9.17, 15) is 0 Å². The van der Waals surface area contributed by atoms with E-state index in [0.717, 1.165) is 133 Å². The molecule has 0 fully saturated rings. The standard InChI is InChI=1S/C66H40N2O3/c1-3-17-41(18-4-1)45-21-9-12-28-57(45)68(43-34-36-62-55(37-43)49-25-11-13-30-60(49)69-62)59-40-54-51-26-16-32-63-65(51)56(39-53(54)46-22-7-8-23-47(46)59)50-35-33-44(38-64(50)70-63)67(42-19-5-2-6-20-42)58-29-15-27-52-48-24-10-14-31-61(48)71-66(52)58/h1-40H. The minimum absolute atomic E-state index is 0.798. The third kappa shape index (κ3) is 6.06. The number of benzene rings is 12. The highest BCUT2D eigenvalue weighted by Crippen LogP contribution is 2.54. The van der Waals surface area contributed by atoms with Crippen LogP contribution in [0.2, 0.25) is 0 Å². The predicted octanol–water partition coefficient (Wildman–Crippen LogP) is 19.3. The van der Waals surface area contributed by atoms with Crippen molar-refractivity contribution in [2.75, 3.05) is 9.80 Å². The van der Waals surface area contributed by atoms with Gasteiger partial charge in [-0.05, 0) is 118 Å². The van der Waals surface area contributed by atoms with Crippen LogP contribution in [0.1, 0.15) is 0 Å². The molecule has 0 radical (unpaired) electrons. The van der Waals surface area contributed by atoms with Crippen LogP contribution in [0.3, 0.4) is 0 Å². The molecule has 0 N–H and O–H groups in total. The number of hydrogen-bond donors (Lipinski definition) is 0. The summed E-state index contributed by atoms with van der Waals surface area (Å²) < 4.78 is 20.1. The van der Waals surface area contributed by atoms with Gasteiger partial charge in [0.2, 0.25) is 0 Å². The van der Waals surface area contributed by atoms with E-state index >= 15 is 0 Å². The topological polar surface area (TPSA) is 42.0 Å². The van der Waals surface area contributed by atoms with Gasteiger partial charge in [-0.2, -0.15) is 0 Å². The zero-order valence-corrected chi connectivity index (χ0v) is 38.2. The first-order valence-corrected chi connectivity index (χ1v) is 24.1. The average molecular weight is 909 g/mol. The molecule has 14 aromatic rings. The highest BCUT2D eigenvalue weighted by Gasteiger charge is 2.28. The molecule has 0 aliphatic carbocycles. The Labute approximate surface area is 408 Å². The molecule has 5 nitrogen and oxygen atoms in total. The fourth-order valence-corrected chi connectivity index (χ4v) is 11.3. The summed E-state index contributed by atoms with van der Waals surface area (Å²) in [5.41, 5.74) is 14.0. The largest absolute Gasteiger partial charge is 0.456 e. The van der Waals surface area contributed by atoms with Gasteiger partial charge < -0.3 is 23.4 Å². The lowest BCUT2D eigenvalue weighted by atomic mass is 9.88. The van der Waals surface area contributed by atoms with Gasteiger partial charge in [0, 0.05) is 60.9 Å². The first kappa shape index (κ1) is 39.4. The molecule has 0 bridgehead atoms. The Kier molecular flexibility index (Phi) is 8.59. The van der Waals surface area contributed by atoms with Gasteiger partial charge in [-0.25, -0.2) is 0 Å². The quantitative estimate of drug-likeness (QED) is 0.149.